The molecule has 0 fully saturated rings. The molecule has 11 heteroatoms. The highest BCUT2D eigenvalue weighted by molar-refractivity contribution is 7.92. The molecule has 0 saturated carbocycles. The Morgan fingerprint density at radius 2 is 1.71 bits per heavy atom. The largest absolute Gasteiger partial charge is 0.497 e. The smallest absolute Gasteiger partial charge is 0.244 e. The molecule has 0 bridgehead atoms. The molecule has 1 N–H and O–H groups in total. The van der Waals surface area contributed by atoms with Gasteiger partial charge in [0.15, 0.2) is 11.5 Å². The molecule has 0 saturated heterocycles. The second-order valence-electron chi connectivity index (χ2n) is 9.06. The van der Waals surface area contributed by atoms with Crippen LogP contribution in [-0.2, 0) is 26.2 Å². The van der Waals surface area contributed by atoms with E-state index in [1.807, 2.05) is 32.9 Å². The molecule has 0 aliphatic carbocycles. The molecule has 208 valence electrons. The van der Waals surface area contributed by atoms with Gasteiger partial charge in [-0.2, -0.15) is 0 Å². The van der Waals surface area contributed by atoms with Gasteiger partial charge in [0.05, 0.1) is 18.6 Å². The Hall–Kier alpha value is -3.47. The van der Waals surface area contributed by atoms with Gasteiger partial charge in [-0.25, -0.2) is 8.42 Å². The number of benzene rings is 2. The molecule has 0 aromatic heterocycles. The predicted octanol–water partition coefficient (Wildman–Crippen LogP) is 3.30. The molecule has 2 aromatic carbocycles. The van der Waals surface area contributed by atoms with Crippen LogP contribution in [0, 0.1) is 0 Å². The molecular formula is C27H37N3O7S. The molecule has 1 aliphatic heterocycles. The van der Waals surface area contributed by atoms with Gasteiger partial charge in [0, 0.05) is 18.7 Å². The molecule has 1 aliphatic rings. The third kappa shape index (κ3) is 6.89. The summed E-state index contributed by atoms with van der Waals surface area (Å²) in [6.07, 6.45) is 1.09. The number of nitrogens with zero attached hydrogens (tertiary/aromatic N) is 2. The minimum atomic E-state index is -3.84. The van der Waals surface area contributed by atoms with Crippen LogP contribution in [-0.4, -0.2) is 63.4 Å². The van der Waals surface area contributed by atoms with E-state index < -0.39 is 28.5 Å². The van der Waals surface area contributed by atoms with E-state index in [1.54, 1.807) is 37.4 Å². The van der Waals surface area contributed by atoms with Crippen LogP contribution in [0.5, 0.6) is 17.2 Å². The Morgan fingerprint density at radius 1 is 1.03 bits per heavy atom. The van der Waals surface area contributed by atoms with Crippen molar-refractivity contribution < 1.29 is 32.2 Å². The van der Waals surface area contributed by atoms with Crippen LogP contribution < -0.4 is 23.8 Å². The number of methoxy groups -OCH3 is 1. The van der Waals surface area contributed by atoms with Gasteiger partial charge in [-0.05, 0) is 56.5 Å². The van der Waals surface area contributed by atoms with E-state index in [4.69, 9.17) is 14.2 Å². The molecule has 1 heterocycles. The lowest BCUT2D eigenvalue weighted by Gasteiger charge is -2.33. The first-order chi connectivity index (χ1) is 18.1. The van der Waals surface area contributed by atoms with Gasteiger partial charge in [0.25, 0.3) is 0 Å². The molecule has 2 atom stereocenters. The zero-order valence-corrected chi connectivity index (χ0v) is 23.4. The van der Waals surface area contributed by atoms with Crippen LogP contribution in [0.3, 0.4) is 0 Å². The second-order valence-corrected chi connectivity index (χ2v) is 11.2. The van der Waals surface area contributed by atoms with Gasteiger partial charge in [0.2, 0.25) is 28.6 Å². The number of nitrogens with one attached hydrogen (secondary N) is 1. The van der Waals surface area contributed by atoms with Crippen molar-refractivity contribution in [2.75, 3.05) is 30.5 Å². The summed E-state index contributed by atoms with van der Waals surface area (Å²) < 4.78 is 43.3. The van der Waals surface area contributed by atoms with E-state index in [0.29, 0.717) is 23.7 Å². The van der Waals surface area contributed by atoms with E-state index in [1.165, 1.54) is 11.8 Å². The van der Waals surface area contributed by atoms with Crippen molar-refractivity contribution in [3.63, 3.8) is 0 Å². The molecule has 2 amide bonds. The first-order valence-corrected chi connectivity index (χ1v) is 14.4. The van der Waals surface area contributed by atoms with Gasteiger partial charge in [0.1, 0.15) is 18.3 Å². The summed E-state index contributed by atoms with van der Waals surface area (Å²) in [5.74, 6) is 0.580. The minimum absolute atomic E-state index is 0.0390. The Bertz CT molecular complexity index is 1220. The number of fused-ring (bicyclic) bond motifs is 1. The number of anilines is 1. The standard InChI is InChI=1S/C27H37N3O7S/c1-6-19(4)28-27(32)23(7-2)29(16-20-9-12-22(35-5)13-10-20)26(31)17-30(38(33,34)8-3)21-11-14-24-25(15-21)37-18-36-24/h9-15,19,23H,6-8,16-18H2,1-5H3,(H,28,32)/t19-,23+/m0/s1. The lowest BCUT2D eigenvalue weighted by atomic mass is 10.1. The van der Waals surface area contributed by atoms with Crippen molar-refractivity contribution in [1.82, 2.24) is 10.2 Å². The summed E-state index contributed by atoms with van der Waals surface area (Å²) in [7, 11) is -2.28. The normalized spacial score (nSPS) is 13.9. The van der Waals surface area contributed by atoms with Crippen molar-refractivity contribution in [2.45, 2.75) is 59.2 Å². The van der Waals surface area contributed by atoms with E-state index in [-0.39, 0.29) is 36.7 Å². The fourth-order valence-electron chi connectivity index (χ4n) is 4.05. The lowest BCUT2D eigenvalue weighted by molar-refractivity contribution is -0.140. The average molecular weight is 548 g/mol. The van der Waals surface area contributed by atoms with Gasteiger partial charge < -0.3 is 24.4 Å². The van der Waals surface area contributed by atoms with Crippen molar-refractivity contribution >= 4 is 27.5 Å². The van der Waals surface area contributed by atoms with E-state index in [9.17, 15) is 18.0 Å². The number of ether oxygens (including phenoxy) is 3. The van der Waals surface area contributed by atoms with Crippen LogP contribution in [0.4, 0.5) is 5.69 Å². The van der Waals surface area contributed by atoms with Crippen molar-refractivity contribution in [1.29, 1.82) is 0 Å². The Morgan fingerprint density at radius 3 is 2.32 bits per heavy atom. The molecule has 10 nitrogen and oxygen atoms in total. The summed E-state index contributed by atoms with van der Waals surface area (Å²) in [5, 5.41) is 2.96. The third-order valence-corrected chi connectivity index (χ3v) is 8.26. The van der Waals surface area contributed by atoms with Crippen molar-refractivity contribution in [3.05, 3.63) is 48.0 Å². The average Bonchev–Trinajstić information content (AvgIpc) is 3.39. The number of hydrogen-bond donors (Lipinski definition) is 1. The fourth-order valence-corrected chi connectivity index (χ4v) is 5.10. The maximum atomic E-state index is 13.9. The third-order valence-electron chi connectivity index (χ3n) is 6.52. The topological polar surface area (TPSA) is 114 Å². The van der Waals surface area contributed by atoms with Crippen molar-refractivity contribution in [3.8, 4) is 17.2 Å². The first kappa shape index (κ1) is 29.1. The summed E-state index contributed by atoms with van der Waals surface area (Å²) in [6, 6.07) is 11.1. The first-order valence-electron chi connectivity index (χ1n) is 12.8. The summed E-state index contributed by atoms with van der Waals surface area (Å²) in [6.45, 7) is 6.89. The molecule has 0 unspecified atom stereocenters. The number of carbonyl (C=O) groups excluding carboxylic acids is 2. The Kier molecular flexibility index (Phi) is 9.84. The van der Waals surface area contributed by atoms with Crippen LogP contribution in [0.1, 0.15) is 46.1 Å². The van der Waals surface area contributed by atoms with Gasteiger partial charge >= 0.3 is 0 Å². The molecular weight excluding hydrogens is 510 g/mol. The SMILES string of the molecule is CC[C@H](C(=O)N[C@@H](C)CC)N(Cc1ccc(OC)cc1)C(=O)CN(c1ccc2c(c1)OCO2)S(=O)(=O)CC. The van der Waals surface area contributed by atoms with E-state index >= 15 is 0 Å². The monoisotopic (exact) mass is 547 g/mol. The molecule has 3 rings (SSSR count). The number of carbonyl (C=O) groups is 2. The zero-order chi connectivity index (χ0) is 27.9. The van der Waals surface area contributed by atoms with E-state index in [0.717, 1.165) is 16.3 Å². The Labute approximate surface area is 224 Å². The van der Waals surface area contributed by atoms with Gasteiger partial charge in [-0.15, -0.1) is 0 Å². The van der Waals surface area contributed by atoms with Gasteiger partial charge in [-0.1, -0.05) is 26.0 Å². The maximum Gasteiger partial charge on any atom is 0.244 e. The van der Waals surface area contributed by atoms with Crippen molar-refractivity contribution in [2.24, 2.45) is 0 Å². The maximum absolute atomic E-state index is 13.9. The predicted molar refractivity (Wildman–Crippen MR) is 145 cm³/mol. The highest BCUT2D eigenvalue weighted by atomic mass is 32.2. The fraction of sp³-hybridized carbons (Fsp3) is 0.481. The number of sulfonamides is 1. The second kappa shape index (κ2) is 12.9. The Balaban J connectivity index is 1.97. The number of hydrogen-bond acceptors (Lipinski definition) is 7. The van der Waals surface area contributed by atoms with Crippen LogP contribution in [0.2, 0.25) is 0 Å². The van der Waals surface area contributed by atoms with Gasteiger partial charge in [-0.3, -0.25) is 13.9 Å². The highest BCUT2D eigenvalue weighted by Gasteiger charge is 2.33. The summed E-state index contributed by atoms with van der Waals surface area (Å²) in [5.41, 5.74) is 1.06. The molecule has 0 radical (unpaired) electrons. The number of amides is 2. The molecule has 2 aromatic rings. The zero-order valence-electron chi connectivity index (χ0n) is 22.6. The van der Waals surface area contributed by atoms with Crippen LogP contribution >= 0.6 is 0 Å². The quantitative estimate of drug-likeness (QED) is 0.409. The van der Waals surface area contributed by atoms with Crippen LogP contribution in [0.15, 0.2) is 42.5 Å². The van der Waals surface area contributed by atoms with Crippen LogP contribution in [0.25, 0.3) is 0 Å². The highest BCUT2D eigenvalue weighted by Crippen LogP contribution is 2.36. The summed E-state index contributed by atoms with van der Waals surface area (Å²) in [4.78, 5) is 28.5. The lowest BCUT2D eigenvalue weighted by Crippen LogP contribution is -2.53. The summed E-state index contributed by atoms with van der Waals surface area (Å²) >= 11 is 0. The minimum Gasteiger partial charge on any atom is -0.497 e. The molecule has 38 heavy (non-hydrogen) atoms. The number of rotatable bonds is 13. The molecule has 0 spiro atoms. The van der Waals surface area contributed by atoms with E-state index in [2.05, 4.69) is 5.32 Å².